The molecular formula is C24H29FN2O6. The minimum atomic E-state index is -1.13. The number of ether oxygens (including phenoxy) is 3. The lowest BCUT2D eigenvalue weighted by molar-refractivity contribution is -0.139. The van der Waals surface area contributed by atoms with E-state index in [1.165, 1.54) is 38.5 Å². The Morgan fingerprint density at radius 3 is 2.18 bits per heavy atom. The summed E-state index contributed by atoms with van der Waals surface area (Å²) >= 11 is 0. The maximum absolute atomic E-state index is 13.2. The Kier molecular flexibility index (Phi) is 7.75. The van der Waals surface area contributed by atoms with Gasteiger partial charge in [-0.15, -0.1) is 0 Å². The van der Waals surface area contributed by atoms with Gasteiger partial charge in [-0.05, 0) is 43.7 Å². The minimum Gasteiger partial charge on any atom is -0.493 e. The summed E-state index contributed by atoms with van der Waals surface area (Å²) in [7, 11) is 2.78. The Labute approximate surface area is 192 Å². The van der Waals surface area contributed by atoms with Crippen LogP contribution in [0.1, 0.15) is 29.8 Å². The highest BCUT2D eigenvalue weighted by Gasteiger charge is 2.32. The lowest BCUT2D eigenvalue weighted by Crippen LogP contribution is -2.58. The molecule has 0 aliphatic carbocycles. The Morgan fingerprint density at radius 1 is 1.03 bits per heavy atom. The summed E-state index contributed by atoms with van der Waals surface area (Å²) in [5.74, 6) is -1.07. The topological polar surface area (TPSA) is 88.5 Å². The van der Waals surface area contributed by atoms with Crippen LogP contribution in [0.2, 0.25) is 0 Å². The second-order valence-electron chi connectivity index (χ2n) is 8.10. The first kappa shape index (κ1) is 24.3. The van der Waals surface area contributed by atoms with Crippen molar-refractivity contribution in [2.24, 2.45) is 0 Å². The molecule has 178 valence electrons. The normalized spacial score (nSPS) is 18.6. The summed E-state index contributed by atoms with van der Waals surface area (Å²) in [5.41, 5.74) is 1.00. The molecule has 2 aromatic rings. The van der Waals surface area contributed by atoms with Gasteiger partial charge in [-0.25, -0.2) is 9.18 Å². The number of hydrogen-bond donors (Lipinski definition) is 1. The van der Waals surface area contributed by atoms with Crippen LogP contribution in [0.5, 0.6) is 17.2 Å². The van der Waals surface area contributed by atoms with Crippen LogP contribution in [-0.2, 0) is 11.3 Å². The van der Waals surface area contributed by atoms with Crippen molar-refractivity contribution in [1.29, 1.82) is 0 Å². The molecule has 2 unspecified atom stereocenters. The monoisotopic (exact) mass is 460 g/mol. The number of piperazine rings is 1. The molecule has 8 nitrogen and oxygen atoms in total. The molecule has 1 aliphatic rings. The molecule has 2 aromatic carbocycles. The van der Waals surface area contributed by atoms with Gasteiger partial charge in [0, 0.05) is 31.7 Å². The van der Waals surface area contributed by atoms with Crippen molar-refractivity contribution in [2.45, 2.75) is 32.5 Å². The lowest BCUT2D eigenvalue weighted by atomic mass is 10.1. The number of carbonyl (C=O) groups excluding carboxylic acids is 1. The van der Waals surface area contributed by atoms with Gasteiger partial charge in [0.1, 0.15) is 5.82 Å². The number of methoxy groups -OCH3 is 2. The number of benzene rings is 2. The molecule has 1 saturated heterocycles. The third kappa shape index (κ3) is 5.73. The average Bonchev–Trinajstić information content (AvgIpc) is 2.80. The predicted octanol–water partition coefficient (Wildman–Crippen LogP) is 3.04. The molecule has 0 bridgehead atoms. The number of aromatic carboxylic acids is 1. The molecule has 2 atom stereocenters. The van der Waals surface area contributed by atoms with E-state index in [9.17, 15) is 19.1 Å². The molecule has 0 aromatic heterocycles. The molecule has 1 aliphatic heterocycles. The first-order valence-corrected chi connectivity index (χ1v) is 10.6. The fourth-order valence-electron chi connectivity index (χ4n) is 3.95. The highest BCUT2D eigenvalue weighted by molar-refractivity contribution is 5.89. The van der Waals surface area contributed by atoms with Gasteiger partial charge < -0.3 is 24.2 Å². The zero-order valence-electron chi connectivity index (χ0n) is 19.2. The molecule has 0 saturated carbocycles. The van der Waals surface area contributed by atoms with Crippen LogP contribution in [0.4, 0.5) is 4.39 Å². The van der Waals surface area contributed by atoms with E-state index in [4.69, 9.17) is 14.2 Å². The van der Waals surface area contributed by atoms with Crippen LogP contribution in [0.3, 0.4) is 0 Å². The van der Waals surface area contributed by atoms with Gasteiger partial charge in [-0.3, -0.25) is 9.69 Å². The fourth-order valence-corrected chi connectivity index (χ4v) is 3.95. The van der Waals surface area contributed by atoms with E-state index in [2.05, 4.69) is 4.90 Å². The molecule has 0 radical (unpaired) electrons. The zero-order chi connectivity index (χ0) is 24.1. The van der Waals surface area contributed by atoms with Crippen molar-refractivity contribution in [3.8, 4) is 17.2 Å². The molecule has 9 heteroatoms. The smallest absolute Gasteiger partial charge is 0.335 e. The van der Waals surface area contributed by atoms with Crippen molar-refractivity contribution in [1.82, 2.24) is 9.80 Å². The zero-order valence-corrected chi connectivity index (χ0v) is 19.2. The Hall–Kier alpha value is -3.33. The predicted molar refractivity (Wildman–Crippen MR) is 119 cm³/mol. The molecule has 1 fully saturated rings. The summed E-state index contributed by atoms with van der Waals surface area (Å²) in [4.78, 5) is 28.3. The van der Waals surface area contributed by atoms with E-state index in [0.717, 1.165) is 5.56 Å². The van der Waals surface area contributed by atoms with Crippen molar-refractivity contribution in [3.63, 3.8) is 0 Å². The number of halogens is 1. The summed E-state index contributed by atoms with van der Waals surface area (Å²) in [6.45, 7) is 5.65. The van der Waals surface area contributed by atoms with E-state index in [0.29, 0.717) is 19.6 Å². The highest BCUT2D eigenvalue weighted by Crippen LogP contribution is 2.38. The molecule has 1 amide bonds. The number of amides is 1. The molecule has 1 N–H and O–H groups in total. The Bertz CT molecular complexity index is 972. The molecule has 33 heavy (non-hydrogen) atoms. The van der Waals surface area contributed by atoms with E-state index >= 15 is 0 Å². The van der Waals surface area contributed by atoms with Crippen LogP contribution >= 0.6 is 0 Å². The maximum Gasteiger partial charge on any atom is 0.335 e. The van der Waals surface area contributed by atoms with Gasteiger partial charge in [-0.2, -0.15) is 0 Å². The van der Waals surface area contributed by atoms with Crippen LogP contribution < -0.4 is 14.2 Å². The molecular weight excluding hydrogens is 431 g/mol. The summed E-state index contributed by atoms with van der Waals surface area (Å²) in [6.07, 6.45) is 0. The number of hydrogen-bond acceptors (Lipinski definition) is 6. The Balaban J connectivity index is 1.65. The van der Waals surface area contributed by atoms with E-state index < -0.39 is 5.97 Å². The highest BCUT2D eigenvalue weighted by atomic mass is 19.1. The fraction of sp³-hybridized carbons (Fsp3) is 0.417. The number of carbonyl (C=O) groups is 2. The van der Waals surface area contributed by atoms with Gasteiger partial charge >= 0.3 is 5.97 Å². The molecule has 1 heterocycles. The molecule has 0 spiro atoms. The van der Waals surface area contributed by atoms with Crippen LogP contribution in [0.15, 0.2) is 36.4 Å². The maximum atomic E-state index is 13.2. The first-order chi connectivity index (χ1) is 15.7. The van der Waals surface area contributed by atoms with Crippen LogP contribution in [0, 0.1) is 5.82 Å². The average molecular weight is 461 g/mol. The third-order valence-electron chi connectivity index (χ3n) is 5.78. The van der Waals surface area contributed by atoms with Gasteiger partial charge in [-0.1, -0.05) is 12.1 Å². The largest absolute Gasteiger partial charge is 0.493 e. The van der Waals surface area contributed by atoms with Crippen molar-refractivity contribution >= 4 is 11.9 Å². The summed E-state index contributed by atoms with van der Waals surface area (Å²) in [6, 6.07) is 9.15. The second kappa shape index (κ2) is 10.5. The quantitative estimate of drug-likeness (QED) is 0.648. The minimum absolute atomic E-state index is 0.0119. The Morgan fingerprint density at radius 2 is 1.64 bits per heavy atom. The second-order valence-corrected chi connectivity index (χ2v) is 8.10. The van der Waals surface area contributed by atoms with Gasteiger partial charge in [0.05, 0.1) is 19.8 Å². The number of carboxylic acids is 1. The standard InChI is InChI=1S/C24H29FN2O6/c1-15-12-27(16(2)11-26(15)13-17-5-7-19(25)8-6-17)22(28)14-33-23-20(31-3)9-18(24(29)30)10-21(23)32-4/h5-10,15-16H,11-14H2,1-4H3,(H,29,30). The van der Waals surface area contributed by atoms with Gasteiger partial charge in [0.2, 0.25) is 5.75 Å². The van der Waals surface area contributed by atoms with E-state index in [-0.39, 0.29) is 53.2 Å². The van der Waals surface area contributed by atoms with Crippen LogP contribution in [0.25, 0.3) is 0 Å². The summed E-state index contributed by atoms with van der Waals surface area (Å²) in [5, 5.41) is 9.25. The van der Waals surface area contributed by atoms with E-state index in [1.807, 2.05) is 13.8 Å². The molecule has 3 rings (SSSR count). The SMILES string of the molecule is COc1cc(C(=O)O)cc(OC)c1OCC(=O)N1CC(C)N(Cc2ccc(F)cc2)CC1C. The van der Waals surface area contributed by atoms with E-state index in [1.54, 1.807) is 17.0 Å². The summed E-state index contributed by atoms with van der Waals surface area (Å²) < 4.78 is 29.4. The van der Waals surface area contributed by atoms with Gasteiger partial charge in [0.25, 0.3) is 5.91 Å². The van der Waals surface area contributed by atoms with Crippen LogP contribution in [-0.4, -0.2) is 72.8 Å². The van der Waals surface area contributed by atoms with Crippen molar-refractivity contribution < 1.29 is 33.3 Å². The third-order valence-corrected chi connectivity index (χ3v) is 5.78. The number of rotatable bonds is 8. The number of carboxylic acid groups (broad SMARTS) is 1. The van der Waals surface area contributed by atoms with Crippen molar-refractivity contribution in [2.75, 3.05) is 33.9 Å². The first-order valence-electron chi connectivity index (χ1n) is 10.6. The van der Waals surface area contributed by atoms with Crippen molar-refractivity contribution in [3.05, 3.63) is 53.3 Å². The number of nitrogens with zero attached hydrogens (tertiary/aromatic N) is 2. The van der Waals surface area contributed by atoms with Gasteiger partial charge in [0.15, 0.2) is 18.1 Å². The lowest BCUT2D eigenvalue weighted by Gasteiger charge is -2.44.